The van der Waals surface area contributed by atoms with Crippen molar-refractivity contribution in [2.45, 2.75) is 51.0 Å². The second-order valence-electron chi connectivity index (χ2n) is 7.45. The second kappa shape index (κ2) is 7.72. The molecule has 0 spiro atoms. The van der Waals surface area contributed by atoms with Crippen molar-refractivity contribution in [2.75, 3.05) is 56.2 Å². The van der Waals surface area contributed by atoms with Crippen LogP contribution >= 0.6 is 0 Å². The summed E-state index contributed by atoms with van der Waals surface area (Å²) < 4.78 is 5.38. The minimum atomic E-state index is 0.439. The minimum absolute atomic E-state index is 0.439. The molecule has 0 N–H and O–H groups in total. The average Bonchev–Trinajstić information content (AvgIpc) is 3.28. The Labute approximate surface area is 150 Å². The van der Waals surface area contributed by atoms with E-state index in [0.717, 1.165) is 38.1 Å². The summed E-state index contributed by atoms with van der Waals surface area (Å²) in [5, 5.41) is 0. The molecule has 3 aliphatic rings. The number of ether oxygens (including phenoxy) is 1. The van der Waals surface area contributed by atoms with E-state index in [9.17, 15) is 0 Å². The first-order chi connectivity index (χ1) is 12.3. The van der Waals surface area contributed by atoms with Crippen LogP contribution in [0.2, 0.25) is 0 Å². The molecular formula is C18H30N6O. The van der Waals surface area contributed by atoms with Crippen molar-refractivity contribution in [1.82, 2.24) is 19.9 Å². The Balaban J connectivity index is 1.51. The third-order valence-corrected chi connectivity index (χ3v) is 5.77. The highest BCUT2D eigenvalue weighted by Crippen LogP contribution is 2.26. The molecule has 3 aliphatic heterocycles. The van der Waals surface area contributed by atoms with Crippen molar-refractivity contribution in [1.29, 1.82) is 0 Å². The summed E-state index contributed by atoms with van der Waals surface area (Å²) in [5.41, 5.74) is 0. The first-order valence-corrected chi connectivity index (χ1v) is 9.87. The number of methoxy groups -OCH3 is 1. The van der Waals surface area contributed by atoms with Crippen molar-refractivity contribution in [2.24, 2.45) is 0 Å². The Bertz CT molecular complexity index is 569. The number of hydrogen-bond acceptors (Lipinski definition) is 7. The fraction of sp³-hybridized carbons (Fsp3) is 0.833. The lowest BCUT2D eigenvalue weighted by molar-refractivity contribution is 0.260. The van der Waals surface area contributed by atoms with Crippen LogP contribution < -0.4 is 14.5 Å². The first-order valence-electron chi connectivity index (χ1n) is 9.87. The van der Waals surface area contributed by atoms with Gasteiger partial charge in [-0.2, -0.15) is 15.0 Å². The second-order valence-corrected chi connectivity index (χ2v) is 7.45. The standard InChI is InChI=1S/C18H30N6O/c1-25-18-20-16(23-11-4-2-3-5-12-23)19-17(21-18)24-13-8-15(14-24)22-9-6-7-10-22/h15H,2-14H2,1H3. The van der Waals surface area contributed by atoms with Crippen molar-refractivity contribution >= 4 is 11.9 Å². The van der Waals surface area contributed by atoms with Crippen LogP contribution in [-0.2, 0) is 0 Å². The number of hydrogen-bond donors (Lipinski definition) is 0. The topological polar surface area (TPSA) is 57.6 Å². The normalized spacial score (nSPS) is 25.4. The Kier molecular flexibility index (Phi) is 5.20. The maximum atomic E-state index is 5.38. The number of rotatable bonds is 4. The summed E-state index contributed by atoms with van der Waals surface area (Å²) in [4.78, 5) is 21.1. The van der Waals surface area contributed by atoms with Crippen LogP contribution in [0.15, 0.2) is 0 Å². The van der Waals surface area contributed by atoms with Crippen LogP contribution in [0.5, 0.6) is 6.01 Å². The molecule has 7 heteroatoms. The van der Waals surface area contributed by atoms with Crippen molar-refractivity contribution < 1.29 is 4.74 Å². The average molecular weight is 346 g/mol. The van der Waals surface area contributed by atoms with Crippen LogP contribution in [0.3, 0.4) is 0 Å². The van der Waals surface area contributed by atoms with Gasteiger partial charge in [-0.25, -0.2) is 0 Å². The zero-order valence-electron chi connectivity index (χ0n) is 15.4. The molecule has 3 saturated heterocycles. The predicted octanol–water partition coefficient (Wildman–Crippen LogP) is 1.94. The molecule has 0 radical (unpaired) electrons. The molecule has 0 aromatic carbocycles. The van der Waals surface area contributed by atoms with Crippen molar-refractivity contribution in [3.63, 3.8) is 0 Å². The van der Waals surface area contributed by atoms with E-state index in [2.05, 4.69) is 24.7 Å². The number of anilines is 2. The summed E-state index contributed by atoms with van der Waals surface area (Å²) >= 11 is 0. The molecule has 1 aromatic heterocycles. The molecule has 0 amide bonds. The molecule has 0 aliphatic carbocycles. The van der Waals surface area contributed by atoms with Gasteiger partial charge >= 0.3 is 6.01 Å². The molecule has 1 unspecified atom stereocenters. The lowest BCUT2D eigenvalue weighted by atomic mass is 10.2. The van der Waals surface area contributed by atoms with Gasteiger partial charge in [-0.15, -0.1) is 0 Å². The SMILES string of the molecule is COc1nc(N2CCCCCC2)nc(N2CCC(N3CCCC3)C2)n1. The molecule has 25 heavy (non-hydrogen) atoms. The molecule has 1 aromatic rings. The summed E-state index contributed by atoms with van der Waals surface area (Å²) in [6.45, 7) is 6.60. The van der Waals surface area contributed by atoms with Gasteiger partial charge < -0.3 is 14.5 Å². The van der Waals surface area contributed by atoms with Crippen LogP contribution in [-0.4, -0.2) is 72.3 Å². The predicted molar refractivity (Wildman–Crippen MR) is 98.5 cm³/mol. The number of aromatic nitrogens is 3. The third-order valence-electron chi connectivity index (χ3n) is 5.77. The minimum Gasteiger partial charge on any atom is -0.467 e. The first kappa shape index (κ1) is 16.8. The van der Waals surface area contributed by atoms with Gasteiger partial charge in [0.05, 0.1) is 7.11 Å². The van der Waals surface area contributed by atoms with E-state index in [1.807, 2.05) is 0 Å². The summed E-state index contributed by atoms with van der Waals surface area (Å²) in [5.74, 6) is 1.57. The lowest BCUT2D eigenvalue weighted by Crippen LogP contribution is -2.36. The Hall–Kier alpha value is -1.63. The fourth-order valence-electron chi connectivity index (χ4n) is 4.31. The zero-order valence-corrected chi connectivity index (χ0v) is 15.4. The Morgan fingerprint density at radius 3 is 2.08 bits per heavy atom. The van der Waals surface area contributed by atoms with Gasteiger partial charge in [-0.3, -0.25) is 4.90 Å². The van der Waals surface area contributed by atoms with Gasteiger partial charge in [0, 0.05) is 32.2 Å². The van der Waals surface area contributed by atoms with Crippen LogP contribution in [0.4, 0.5) is 11.9 Å². The van der Waals surface area contributed by atoms with E-state index in [-0.39, 0.29) is 0 Å². The van der Waals surface area contributed by atoms with Crippen molar-refractivity contribution in [3.05, 3.63) is 0 Å². The largest absolute Gasteiger partial charge is 0.467 e. The van der Waals surface area contributed by atoms with Gasteiger partial charge in [-0.1, -0.05) is 12.8 Å². The van der Waals surface area contributed by atoms with E-state index in [1.165, 1.54) is 58.0 Å². The molecule has 1 atom stereocenters. The van der Waals surface area contributed by atoms with Crippen molar-refractivity contribution in [3.8, 4) is 6.01 Å². The maximum Gasteiger partial charge on any atom is 0.322 e. The summed E-state index contributed by atoms with van der Waals surface area (Å²) in [7, 11) is 1.64. The quantitative estimate of drug-likeness (QED) is 0.826. The molecule has 4 heterocycles. The van der Waals surface area contributed by atoms with E-state index < -0.39 is 0 Å². The molecule has 4 rings (SSSR count). The molecule has 3 fully saturated rings. The van der Waals surface area contributed by atoms with E-state index in [1.54, 1.807) is 7.11 Å². The van der Waals surface area contributed by atoms with Crippen LogP contribution in [0, 0.1) is 0 Å². The third kappa shape index (κ3) is 3.81. The van der Waals surface area contributed by atoms with Crippen LogP contribution in [0.1, 0.15) is 44.9 Å². The van der Waals surface area contributed by atoms with E-state index in [4.69, 9.17) is 9.72 Å². The van der Waals surface area contributed by atoms with E-state index in [0.29, 0.717) is 12.1 Å². The molecule has 0 saturated carbocycles. The number of likely N-dealkylation sites (tertiary alicyclic amines) is 1. The monoisotopic (exact) mass is 346 g/mol. The molecular weight excluding hydrogens is 316 g/mol. The van der Waals surface area contributed by atoms with Gasteiger partial charge in [-0.05, 0) is 45.2 Å². The Morgan fingerprint density at radius 1 is 0.760 bits per heavy atom. The smallest absolute Gasteiger partial charge is 0.322 e. The lowest BCUT2D eigenvalue weighted by Gasteiger charge is -2.25. The van der Waals surface area contributed by atoms with Gasteiger partial charge in [0.15, 0.2) is 0 Å². The number of nitrogens with zero attached hydrogens (tertiary/aromatic N) is 6. The van der Waals surface area contributed by atoms with Crippen LogP contribution in [0.25, 0.3) is 0 Å². The van der Waals surface area contributed by atoms with E-state index >= 15 is 0 Å². The molecule has 7 nitrogen and oxygen atoms in total. The highest BCUT2D eigenvalue weighted by molar-refractivity contribution is 5.41. The Morgan fingerprint density at radius 2 is 1.40 bits per heavy atom. The maximum absolute atomic E-state index is 5.38. The van der Waals surface area contributed by atoms with Gasteiger partial charge in [0.2, 0.25) is 11.9 Å². The summed E-state index contributed by atoms with van der Waals surface area (Å²) in [6, 6.07) is 1.08. The van der Waals surface area contributed by atoms with Gasteiger partial charge in [0.1, 0.15) is 0 Å². The fourth-order valence-corrected chi connectivity index (χ4v) is 4.31. The highest BCUT2D eigenvalue weighted by Gasteiger charge is 2.31. The summed E-state index contributed by atoms with van der Waals surface area (Å²) in [6.07, 6.45) is 8.91. The van der Waals surface area contributed by atoms with Gasteiger partial charge in [0.25, 0.3) is 0 Å². The zero-order chi connectivity index (χ0) is 17.1. The molecule has 138 valence electrons. The molecule has 0 bridgehead atoms. The highest BCUT2D eigenvalue weighted by atomic mass is 16.5.